The molecule has 23 heavy (non-hydrogen) atoms. The lowest BCUT2D eigenvalue weighted by Crippen LogP contribution is -2.56. The average molecular weight is 325 g/mol. The van der Waals surface area contributed by atoms with E-state index in [0.29, 0.717) is 6.42 Å². The second-order valence-corrected chi connectivity index (χ2v) is 9.09. The minimum absolute atomic E-state index is 0.0168. The van der Waals surface area contributed by atoms with Crippen LogP contribution in [-0.2, 0) is 9.53 Å². The number of hydrogen-bond donors (Lipinski definition) is 2. The lowest BCUT2D eigenvalue weighted by Gasteiger charge is -2.45. The molecule has 2 aliphatic rings. The maximum absolute atomic E-state index is 12.5. The molecule has 2 fully saturated rings. The highest BCUT2D eigenvalue weighted by Gasteiger charge is 2.53. The number of hydrogen-bond acceptors (Lipinski definition) is 4. The molecule has 3 N–H and O–H groups in total. The minimum Gasteiger partial charge on any atom is -0.467 e. The van der Waals surface area contributed by atoms with E-state index in [4.69, 9.17) is 10.5 Å². The predicted molar refractivity (Wildman–Crippen MR) is 91.9 cm³/mol. The molecule has 134 valence electrons. The Labute approximate surface area is 141 Å². The van der Waals surface area contributed by atoms with E-state index in [1.54, 1.807) is 0 Å². The number of aliphatic hydroxyl groups is 1. The number of esters is 1. The van der Waals surface area contributed by atoms with Gasteiger partial charge in [0.25, 0.3) is 0 Å². The van der Waals surface area contributed by atoms with Crippen molar-refractivity contribution in [2.24, 2.45) is 23.0 Å². The van der Waals surface area contributed by atoms with Gasteiger partial charge in [0.05, 0.1) is 7.11 Å². The van der Waals surface area contributed by atoms with Crippen LogP contribution in [0.1, 0.15) is 78.6 Å². The fourth-order valence-corrected chi connectivity index (χ4v) is 5.32. The summed E-state index contributed by atoms with van der Waals surface area (Å²) < 4.78 is 5.03. The highest BCUT2D eigenvalue weighted by atomic mass is 16.5. The highest BCUT2D eigenvalue weighted by molar-refractivity contribution is 5.80. The van der Waals surface area contributed by atoms with Crippen LogP contribution in [0.2, 0.25) is 0 Å². The maximum atomic E-state index is 12.5. The molecule has 0 aliphatic heterocycles. The van der Waals surface area contributed by atoms with Crippen molar-refractivity contribution in [1.82, 2.24) is 0 Å². The molecule has 3 atom stereocenters. The second kappa shape index (κ2) is 6.72. The van der Waals surface area contributed by atoms with E-state index in [2.05, 4.69) is 20.8 Å². The Morgan fingerprint density at radius 1 is 1.13 bits per heavy atom. The third-order valence-electron chi connectivity index (χ3n) is 6.11. The summed E-state index contributed by atoms with van der Waals surface area (Å²) in [4.78, 5) is 12.5. The number of rotatable bonds is 3. The third-order valence-corrected chi connectivity index (χ3v) is 6.11. The predicted octanol–water partition coefficient (Wildman–Crippen LogP) is 3.40. The smallest absolute Gasteiger partial charge is 0.338 e. The first-order valence-corrected chi connectivity index (χ1v) is 9.20. The molecular formula is C19H35NO3. The van der Waals surface area contributed by atoms with Crippen LogP contribution in [0.25, 0.3) is 0 Å². The number of carbonyl (C=O) groups excluding carboxylic acids is 1. The van der Waals surface area contributed by atoms with Crippen molar-refractivity contribution in [2.75, 3.05) is 7.11 Å². The van der Waals surface area contributed by atoms with Crippen molar-refractivity contribution in [3.05, 3.63) is 0 Å². The van der Waals surface area contributed by atoms with Gasteiger partial charge in [-0.05, 0) is 56.8 Å². The van der Waals surface area contributed by atoms with Crippen molar-refractivity contribution >= 4 is 5.97 Å². The fourth-order valence-electron chi connectivity index (χ4n) is 5.32. The second-order valence-electron chi connectivity index (χ2n) is 9.09. The Kier molecular flexibility index (Phi) is 5.47. The Morgan fingerprint density at radius 3 is 2.26 bits per heavy atom. The number of methoxy groups -OCH3 is 1. The van der Waals surface area contributed by atoms with Crippen LogP contribution < -0.4 is 5.73 Å². The van der Waals surface area contributed by atoms with Crippen LogP contribution >= 0.6 is 0 Å². The molecule has 0 aromatic carbocycles. The standard InChI is InChI=1S/C19H35NO3/c1-17(2)11-7-10-15(12-18(3,20)13-17)19(22,16(21)23-4)14-8-5-6-9-14/h14-15,22H,5-13,20H2,1-4H3. The molecule has 2 saturated carbocycles. The van der Waals surface area contributed by atoms with E-state index < -0.39 is 11.6 Å². The van der Waals surface area contributed by atoms with Crippen molar-refractivity contribution < 1.29 is 14.6 Å². The molecule has 4 nitrogen and oxygen atoms in total. The minimum atomic E-state index is -1.37. The lowest BCUT2D eigenvalue weighted by atomic mass is 9.64. The Morgan fingerprint density at radius 2 is 1.70 bits per heavy atom. The van der Waals surface area contributed by atoms with Crippen molar-refractivity contribution in [2.45, 2.75) is 89.7 Å². The number of nitrogens with two attached hydrogens (primary N) is 1. The molecule has 4 heteroatoms. The normalized spacial score (nSPS) is 35.1. The first-order valence-electron chi connectivity index (χ1n) is 9.20. The van der Waals surface area contributed by atoms with Gasteiger partial charge in [0.15, 0.2) is 5.60 Å². The van der Waals surface area contributed by atoms with Crippen molar-refractivity contribution in [3.8, 4) is 0 Å². The molecule has 2 aliphatic carbocycles. The summed E-state index contributed by atoms with van der Waals surface area (Å²) in [7, 11) is 1.38. The van der Waals surface area contributed by atoms with E-state index in [9.17, 15) is 9.90 Å². The largest absolute Gasteiger partial charge is 0.467 e. The maximum Gasteiger partial charge on any atom is 0.338 e. The van der Waals surface area contributed by atoms with Gasteiger partial charge in [0.2, 0.25) is 0 Å². The topological polar surface area (TPSA) is 72.5 Å². The van der Waals surface area contributed by atoms with Crippen LogP contribution in [0.15, 0.2) is 0 Å². The van der Waals surface area contributed by atoms with Gasteiger partial charge >= 0.3 is 5.97 Å². The molecule has 0 aromatic heterocycles. The Hall–Kier alpha value is -0.610. The summed E-state index contributed by atoms with van der Waals surface area (Å²) in [6.07, 6.45) is 8.55. The molecule has 0 saturated heterocycles. The van der Waals surface area contributed by atoms with Crippen molar-refractivity contribution in [1.29, 1.82) is 0 Å². The van der Waals surface area contributed by atoms with Crippen molar-refractivity contribution in [3.63, 3.8) is 0 Å². The first kappa shape index (κ1) is 18.7. The Bertz CT molecular complexity index is 426. The van der Waals surface area contributed by atoms with E-state index >= 15 is 0 Å². The molecule has 3 unspecified atom stereocenters. The number of carbonyl (C=O) groups is 1. The molecule has 0 heterocycles. The zero-order valence-electron chi connectivity index (χ0n) is 15.4. The fraction of sp³-hybridized carbons (Fsp3) is 0.947. The summed E-state index contributed by atoms with van der Waals surface area (Å²) in [6, 6.07) is 0. The third kappa shape index (κ3) is 4.08. The van der Waals surface area contributed by atoms with Crippen LogP contribution in [0, 0.1) is 17.3 Å². The van der Waals surface area contributed by atoms with Gasteiger partial charge in [0.1, 0.15) is 0 Å². The zero-order valence-corrected chi connectivity index (χ0v) is 15.4. The summed E-state index contributed by atoms with van der Waals surface area (Å²) in [6.45, 7) is 6.60. The van der Waals surface area contributed by atoms with Gasteiger partial charge in [0, 0.05) is 11.5 Å². The summed E-state index contributed by atoms with van der Waals surface area (Å²) in [5.41, 5.74) is 5.07. The van der Waals surface area contributed by atoms with Gasteiger partial charge in [-0.2, -0.15) is 0 Å². The quantitative estimate of drug-likeness (QED) is 0.780. The molecule has 0 spiro atoms. The summed E-state index contributed by atoms with van der Waals surface area (Å²) >= 11 is 0. The van der Waals surface area contributed by atoms with Gasteiger partial charge in [-0.15, -0.1) is 0 Å². The molecule has 0 amide bonds. The van der Waals surface area contributed by atoms with E-state index in [0.717, 1.165) is 51.4 Å². The van der Waals surface area contributed by atoms with Gasteiger partial charge in [-0.3, -0.25) is 0 Å². The lowest BCUT2D eigenvalue weighted by molar-refractivity contribution is -0.180. The van der Waals surface area contributed by atoms with E-state index in [-0.39, 0.29) is 22.8 Å². The van der Waals surface area contributed by atoms with E-state index in [1.165, 1.54) is 7.11 Å². The van der Waals surface area contributed by atoms with Crippen LogP contribution in [-0.4, -0.2) is 29.3 Å². The van der Waals surface area contributed by atoms with Gasteiger partial charge in [-0.1, -0.05) is 33.1 Å². The SMILES string of the molecule is COC(=O)C(O)(C1CCCC1)C1CCCC(C)(C)CC(C)(N)C1. The molecule has 0 bridgehead atoms. The molecule has 0 aromatic rings. The zero-order chi connectivity index (χ0) is 17.3. The summed E-state index contributed by atoms with van der Waals surface area (Å²) in [5.74, 6) is -0.544. The van der Waals surface area contributed by atoms with Crippen LogP contribution in [0.3, 0.4) is 0 Å². The first-order chi connectivity index (χ1) is 10.6. The summed E-state index contributed by atoms with van der Waals surface area (Å²) in [5, 5.41) is 11.5. The van der Waals surface area contributed by atoms with Gasteiger partial charge < -0.3 is 15.6 Å². The van der Waals surface area contributed by atoms with Crippen LogP contribution in [0.5, 0.6) is 0 Å². The molecule has 2 rings (SSSR count). The number of ether oxygens (including phenoxy) is 1. The molecular weight excluding hydrogens is 290 g/mol. The highest BCUT2D eigenvalue weighted by Crippen LogP contribution is 2.47. The monoisotopic (exact) mass is 325 g/mol. The average Bonchev–Trinajstić information content (AvgIpc) is 2.96. The van der Waals surface area contributed by atoms with Crippen LogP contribution in [0.4, 0.5) is 0 Å². The molecule has 0 radical (unpaired) electrons. The van der Waals surface area contributed by atoms with E-state index in [1.807, 2.05) is 0 Å². The van der Waals surface area contributed by atoms with Gasteiger partial charge in [-0.25, -0.2) is 4.79 Å². The Balaban J connectivity index is 2.28.